The van der Waals surface area contributed by atoms with Crippen LogP contribution in [0.4, 0.5) is 5.88 Å². The van der Waals surface area contributed by atoms with Crippen LogP contribution in [0.3, 0.4) is 0 Å². The summed E-state index contributed by atoms with van der Waals surface area (Å²) in [7, 11) is 0. The van der Waals surface area contributed by atoms with E-state index in [1.807, 2.05) is 13.8 Å². The molecule has 0 aliphatic carbocycles. The van der Waals surface area contributed by atoms with E-state index in [0.29, 0.717) is 0 Å². The van der Waals surface area contributed by atoms with Crippen LogP contribution in [-0.4, -0.2) is 28.6 Å². The molecule has 0 fully saturated rings. The molecule has 0 radical (unpaired) electrons. The Labute approximate surface area is 97.6 Å². The Morgan fingerprint density at radius 3 is 2.71 bits per heavy atom. The quantitative estimate of drug-likeness (QED) is 0.590. The third-order valence-corrected chi connectivity index (χ3v) is 2.24. The zero-order valence-corrected chi connectivity index (χ0v) is 9.54. The van der Waals surface area contributed by atoms with Crippen LogP contribution in [0.2, 0.25) is 0 Å². The highest BCUT2D eigenvalue weighted by Crippen LogP contribution is 2.15. The molecule has 0 saturated heterocycles. The van der Waals surface area contributed by atoms with Crippen LogP contribution in [0.5, 0.6) is 0 Å². The van der Waals surface area contributed by atoms with E-state index in [2.05, 4.69) is 5.32 Å². The summed E-state index contributed by atoms with van der Waals surface area (Å²) in [5.74, 6) is -1.20. The molecule has 2 N–H and O–H groups in total. The third kappa shape index (κ3) is 3.56. The lowest BCUT2D eigenvalue weighted by molar-refractivity contribution is -0.402. The van der Waals surface area contributed by atoms with Crippen molar-refractivity contribution in [1.29, 1.82) is 0 Å². The summed E-state index contributed by atoms with van der Waals surface area (Å²) < 4.78 is 4.71. The predicted octanol–water partition coefficient (Wildman–Crippen LogP) is 0.935. The molecule has 0 aromatic carbocycles. The van der Waals surface area contributed by atoms with Gasteiger partial charge in [0.2, 0.25) is 0 Å². The Morgan fingerprint density at radius 1 is 1.59 bits per heavy atom. The lowest BCUT2D eigenvalue weighted by Crippen LogP contribution is -2.34. The van der Waals surface area contributed by atoms with Gasteiger partial charge in [-0.3, -0.25) is 14.9 Å². The third-order valence-electron chi connectivity index (χ3n) is 2.24. The summed E-state index contributed by atoms with van der Waals surface area (Å²) in [6, 6.07) is 2.32. The highest BCUT2D eigenvalue weighted by molar-refractivity contribution is 5.91. The smallest absolute Gasteiger partial charge is 0.395 e. The van der Waals surface area contributed by atoms with E-state index >= 15 is 0 Å². The van der Waals surface area contributed by atoms with Crippen molar-refractivity contribution in [2.75, 3.05) is 6.54 Å². The van der Waals surface area contributed by atoms with Gasteiger partial charge in [0.25, 0.3) is 5.91 Å². The van der Waals surface area contributed by atoms with Gasteiger partial charge in [-0.05, 0) is 12.0 Å². The molecule has 1 heterocycles. The first-order valence-corrected chi connectivity index (χ1v) is 5.12. The van der Waals surface area contributed by atoms with Gasteiger partial charge in [0.1, 0.15) is 4.92 Å². The molecule has 1 amide bonds. The number of hydrogen-bond donors (Lipinski definition) is 2. The van der Waals surface area contributed by atoms with Gasteiger partial charge in [0.15, 0.2) is 5.76 Å². The van der Waals surface area contributed by atoms with Crippen molar-refractivity contribution in [3.8, 4) is 0 Å². The van der Waals surface area contributed by atoms with Gasteiger partial charge in [-0.1, -0.05) is 13.8 Å². The number of amides is 1. The first-order chi connectivity index (χ1) is 7.91. The van der Waals surface area contributed by atoms with Gasteiger partial charge in [-0.15, -0.1) is 0 Å². The molecule has 7 heteroatoms. The lowest BCUT2D eigenvalue weighted by atomic mass is 10.1. The number of nitrogens with zero attached hydrogens (tertiary/aromatic N) is 1. The number of hydrogen-bond acceptors (Lipinski definition) is 5. The normalized spacial score (nSPS) is 12.5. The first-order valence-electron chi connectivity index (χ1n) is 5.12. The zero-order valence-electron chi connectivity index (χ0n) is 9.54. The molecular formula is C10H14N2O5. The Morgan fingerprint density at radius 2 is 2.24 bits per heavy atom. The van der Waals surface area contributed by atoms with E-state index < -0.39 is 22.8 Å². The molecule has 0 saturated carbocycles. The van der Waals surface area contributed by atoms with Crippen molar-refractivity contribution in [2.24, 2.45) is 5.92 Å². The number of rotatable bonds is 5. The minimum atomic E-state index is -0.722. The zero-order chi connectivity index (χ0) is 13.0. The van der Waals surface area contributed by atoms with E-state index in [1.165, 1.54) is 6.07 Å². The predicted molar refractivity (Wildman–Crippen MR) is 58.5 cm³/mol. The van der Waals surface area contributed by atoms with E-state index in [1.54, 1.807) is 0 Å². The molecule has 0 aliphatic rings. The summed E-state index contributed by atoms with van der Waals surface area (Å²) in [4.78, 5) is 21.1. The number of carbonyl (C=O) groups is 1. The first kappa shape index (κ1) is 13.2. The van der Waals surface area contributed by atoms with Crippen LogP contribution in [0.1, 0.15) is 24.4 Å². The molecule has 0 aliphatic heterocycles. The average molecular weight is 242 g/mol. The van der Waals surface area contributed by atoms with Crippen molar-refractivity contribution in [2.45, 2.75) is 20.0 Å². The summed E-state index contributed by atoms with van der Waals surface area (Å²) >= 11 is 0. The number of nitro groups is 1. The lowest BCUT2D eigenvalue weighted by Gasteiger charge is -2.14. The van der Waals surface area contributed by atoms with Crippen molar-refractivity contribution >= 4 is 11.8 Å². The fraction of sp³-hybridized carbons (Fsp3) is 0.500. The Bertz CT molecular complexity index is 413. The molecule has 17 heavy (non-hydrogen) atoms. The van der Waals surface area contributed by atoms with E-state index in [0.717, 1.165) is 6.07 Å². The molecular weight excluding hydrogens is 228 g/mol. The van der Waals surface area contributed by atoms with E-state index in [4.69, 9.17) is 4.42 Å². The minimum absolute atomic E-state index is 0.0150. The maximum absolute atomic E-state index is 11.5. The Kier molecular flexibility index (Phi) is 4.22. The fourth-order valence-electron chi connectivity index (χ4n) is 1.07. The summed E-state index contributed by atoms with van der Waals surface area (Å²) in [5.41, 5.74) is 0. The van der Waals surface area contributed by atoms with Gasteiger partial charge in [0, 0.05) is 6.54 Å². The minimum Gasteiger partial charge on any atom is -0.395 e. The SMILES string of the molecule is CC(C)C(O)CNC(=O)c1ccc([N+](=O)[O-])o1. The van der Waals surface area contributed by atoms with Crippen LogP contribution in [0.15, 0.2) is 16.5 Å². The monoisotopic (exact) mass is 242 g/mol. The summed E-state index contributed by atoms with van der Waals surface area (Å²) in [6.45, 7) is 3.70. The van der Waals surface area contributed by atoms with Crippen LogP contribution in [0.25, 0.3) is 0 Å². The van der Waals surface area contributed by atoms with Gasteiger partial charge >= 0.3 is 5.88 Å². The van der Waals surface area contributed by atoms with Crippen molar-refractivity contribution in [1.82, 2.24) is 5.32 Å². The highest BCUT2D eigenvalue weighted by Gasteiger charge is 2.18. The van der Waals surface area contributed by atoms with Crippen LogP contribution >= 0.6 is 0 Å². The maximum Gasteiger partial charge on any atom is 0.433 e. The second-order valence-corrected chi connectivity index (χ2v) is 3.92. The van der Waals surface area contributed by atoms with Gasteiger partial charge < -0.3 is 14.8 Å². The number of aliphatic hydroxyl groups is 1. The van der Waals surface area contributed by atoms with Crippen LogP contribution in [0, 0.1) is 16.0 Å². The number of aliphatic hydroxyl groups excluding tert-OH is 1. The number of carbonyl (C=O) groups excluding carboxylic acids is 1. The largest absolute Gasteiger partial charge is 0.433 e. The van der Waals surface area contributed by atoms with Gasteiger partial charge in [-0.2, -0.15) is 0 Å². The van der Waals surface area contributed by atoms with Crippen molar-refractivity contribution < 1.29 is 19.2 Å². The Hall–Kier alpha value is -1.89. The Balaban J connectivity index is 2.55. The molecule has 1 rings (SSSR count). The molecule has 0 bridgehead atoms. The van der Waals surface area contributed by atoms with Crippen LogP contribution in [-0.2, 0) is 0 Å². The molecule has 1 atom stereocenters. The van der Waals surface area contributed by atoms with E-state index in [-0.39, 0.29) is 18.2 Å². The number of nitrogens with one attached hydrogen (secondary N) is 1. The fourth-order valence-corrected chi connectivity index (χ4v) is 1.07. The molecule has 0 spiro atoms. The maximum atomic E-state index is 11.5. The standard InChI is InChI=1S/C10H14N2O5/c1-6(2)7(13)5-11-10(14)8-3-4-9(17-8)12(15)16/h3-4,6-7,13H,5H2,1-2H3,(H,11,14). The molecule has 1 aromatic heterocycles. The summed E-state index contributed by atoms with van der Waals surface area (Å²) in [6.07, 6.45) is -0.663. The van der Waals surface area contributed by atoms with Crippen molar-refractivity contribution in [3.63, 3.8) is 0 Å². The molecule has 94 valence electrons. The number of furan rings is 1. The molecule has 1 unspecified atom stereocenters. The highest BCUT2D eigenvalue weighted by atomic mass is 16.6. The molecule has 1 aromatic rings. The summed E-state index contributed by atoms with van der Waals surface area (Å²) in [5, 5.41) is 22.2. The van der Waals surface area contributed by atoms with Crippen LogP contribution < -0.4 is 5.32 Å². The topological polar surface area (TPSA) is 106 Å². The van der Waals surface area contributed by atoms with Crippen molar-refractivity contribution in [3.05, 3.63) is 28.0 Å². The second-order valence-electron chi connectivity index (χ2n) is 3.92. The average Bonchev–Trinajstić information content (AvgIpc) is 2.74. The second kappa shape index (κ2) is 5.44. The molecule has 7 nitrogen and oxygen atoms in total. The van der Waals surface area contributed by atoms with Gasteiger partial charge in [-0.25, -0.2) is 0 Å². The van der Waals surface area contributed by atoms with E-state index in [9.17, 15) is 20.0 Å². The van der Waals surface area contributed by atoms with Gasteiger partial charge in [0.05, 0.1) is 12.2 Å².